The average molecular weight is 507 g/mol. The minimum Gasteiger partial charge on any atom is -0.480 e. The van der Waals surface area contributed by atoms with Crippen molar-refractivity contribution in [1.82, 2.24) is 9.13 Å². The second kappa shape index (κ2) is 10.9. The summed E-state index contributed by atoms with van der Waals surface area (Å²) in [6, 6.07) is 13.7. The van der Waals surface area contributed by atoms with E-state index >= 15 is 0 Å². The van der Waals surface area contributed by atoms with E-state index in [0.29, 0.717) is 0 Å². The summed E-state index contributed by atoms with van der Waals surface area (Å²) in [5.74, 6) is -2.07. The molecule has 10 heteroatoms. The van der Waals surface area contributed by atoms with E-state index in [0.717, 1.165) is 32.9 Å². The molecule has 0 aliphatic carbocycles. The van der Waals surface area contributed by atoms with Gasteiger partial charge in [-0.3, -0.25) is 9.59 Å². The van der Waals surface area contributed by atoms with Gasteiger partial charge in [-0.25, -0.2) is 0 Å². The molecule has 2 heterocycles. The van der Waals surface area contributed by atoms with Gasteiger partial charge in [0, 0.05) is 36.0 Å². The van der Waals surface area contributed by atoms with Crippen molar-refractivity contribution < 1.29 is 19.8 Å². The summed E-state index contributed by atoms with van der Waals surface area (Å²) < 4.78 is 4.18. The van der Waals surface area contributed by atoms with Gasteiger partial charge >= 0.3 is 11.9 Å². The Morgan fingerprint density at radius 1 is 0.765 bits per heavy atom. The summed E-state index contributed by atoms with van der Waals surface area (Å²) in [6.45, 7) is 2.04. The fourth-order valence-corrected chi connectivity index (χ4v) is 4.28. The van der Waals surface area contributed by atoms with Crippen LogP contribution in [0, 0.1) is 0 Å². The van der Waals surface area contributed by atoms with Gasteiger partial charge < -0.3 is 30.8 Å². The smallest absolute Gasteiger partial charge is 0.320 e. The lowest BCUT2D eigenvalue weighted by Gasteiger charge is -2.19. The Morgan fingerprint density at radius 2 is 1.12 bits per heavy atom. The van der Waals surface area contributed by atoms with Gasteiger partial charge in [-0.1, -0.05) is 36.4 Å². The van der Waals surface area contributed by atoms with Crippen LogP contribution in [0.2, 0.25) is 0 Å². The second-order valence-electron chi connectivity index (χ2n) is 8.09. The van der Waals surface area contributed by atoms with Crippen molar-refractivity contribution in [3.63, 3.8) is 0 Å². The number of hydrogen-bond donors (Lipinski definition) is 4. The van der Waals surface area contributed by atoms with Crippen LogP contribution in [0.5, 0.6) is 0 Å². The fourth-order valence-electron chi connectivity index (χ4n) is 4.28. The van der Waals surface area contributed by atoms with E-state index in [1.165, 1.54) is 0 Å². The van der Waals surface area contributed by atoms with E-state index in [4.69, 9.17) is 11.5 Å². The van der Waals surface area contributed by atoms with Crippen LogP contribution in [-0.2, 0) is 22.4 Å². The number of aromatic nitrogens is 2. The third-order valence-electron chi connectivity index (χ3n) is 5.97. The molecular weight excluding hydrogens is 479 g/mol. The predicted octanol–water partition coefficient (Wildman–Crippen LogP) is 3.42. The van der Waals surface area contributed by atoms with Crippen molar-refractivity contribution in [2.24, 2.45) is 11.5 Å². The number of fused-ring (bicyclic) bond motifs is 2. The number of carboxylic acid groups (broad SMARTS) is 2. The summed E-state index contributed by atoms with van der Waals surface area (Å²) in [7, 11) is 0. The highest BCUT2D eigenvalue weighted by molar-refractivity contribution is 5.87. The second-order valence-corrected chi connectivity index (χ2v) is 8.09. The van der Waals surface area contributed by atoms with Crippen LogP contribution in [0.1, 0.15) is 24.2 Å². The fraction of sp³-hybridized carbons (Fsp3) is 0.250. The Kier molecular flexibility index (Phi) is 8.74. The summed E-state index contributed by atoms with van der Waals surface area (Å²) in [4.78, 5) is 22.6. The lowest BCUT2D eigenvalue weighted by atomic mass is 10.1. The Hall–Kier alpha value is -3.04. The lowest BCUT2D eigenvalue weighted by Crippen LogP contribution is -2.32. The predicted molar refractivity (Wildman–Crippen MR) is 137 cm³/mol. The van der Waals surface area contributed by atoms with Gasteiger partial charge in [0.2, 0.25) is 0 Å². The van der Waals surface area contributed by atoms with Gasteiger partial charge in [0.05, 0.1) is 11.0 Å². The number of aliphatic carboxylic acids is 2. The number of hydrogen-bond acceptors (Lipinski definition) is 4. The first-order valence-corrected chi connectivity index (χ1v) is 10.4. The molecule has 6 N–H and O–H groups in total. The van der Waals surface area contributed by atoms with Crippen LogP contribution >= 0.6 is 24.8 Å². The van der Waals surface area contributed by atoms with Gasteiger partial charge in [0.1, 0.15) is 18.2 Å². The minimum atomic E-state index is -1.04. The van der Waals surface area contributed by atoms with E-state index in [1.54, 1.807) is 0 Å². The molecule has 0 saturated heterocycles. The first-order valence-electron chi connectivity index (χ1n) is 10.4. The van der Waals surface area contributed by atoms with Crippen LogP contribution in [0.25, 0.3) is 21.8 Å². The maximum Gasteiger partial charge on any atom is 0.320 e. The Balaban J connectivity index is 0.00000204. The SMILES string of the molecule is CC(n1cc(C[C@@H](N)C(=O)O)c2ccccc21)n1cc(C[C@@H](N)C(=O)O)c2ccccc21.Cl.Cl. The highest BCUT2D eigenvalue weighted by Crippen LogP contribution is 2.30. The van der Waals surface area contributed by atoms with Crippen molar-refractivity contribution in [3.8, 4) is 0 Å². The molecular formula is C24H28Cl2N4O4. The molecule has 2 atom stereocenters. The van der Waals surface area contributed by atoms with Gasteiger partial charge in [-0.15, -0.1) is 24.8 Å². The van der Waals surface area contributed by atoms with E-state index in [2.05, 4.69) is 9.13 Å². The van der Waals surface area contributed by atoms with E-state index in [1.807, 2.05) is 67.8 Å². The average Bonchev–Trinajstić information content (AvgIpc) is 3.32. The number of halogens is 2. The van der Waals surface area contributed by atoms with E-state index in [9.17, 15) is 19.8 Å². The first kappa shape index (κ1) is 27.2. The molecule has 4 rings (SSSR count). The molecule has 0 bridgehead atoms. The molecule has 0 aliphatic heterocycles. The Morgan fingerprint density at radius 3 is 1.47 bits per heavy atom. The third kappa shape index (κ3) is 5.05. The van der Waals surface area contributed by atoms with Gasteiger partial charge in [-0.2, -0.15) is 0 Å². The number of nitrogens with two attached hydrogens (primary N) is 2. The van der Waals surface area contributed by atoms with Crippen LogP contribution in [0.4, 0.5) is 0 Å². The quantitative estimate of drug-likeness (QED) is 0.289. The minimum absolute atomic E-state index is 0. The van der Waals surface area contributed by atoms with Crippen LogP contribution < -0.4 is 11.5 Å². The number of benzene rings is 2. The lowest BCUT2D eigenvalue weighted by molar-refractivity contribution is -0.139. The van der Waals surface area contributed by atoms with Crippen molar-refractivity contribution in [3.05, 3.63) is 72.1 Å². The first-order chi connectivity index (χ1) is 15.3. The standard InChI is InChI=1S/C24H26N4O4.2ClH/c1-14(27-12-15(10-19(25)23(29)30)17-6-2-4-8-21(17)27)28-13-16(11-20(26)24(31)32)18-7-3-5-9-22(18)28;;/h2-9,12-14,19-20H,10-11,25-26H2,1H3,(H,29,30)(H,31,32);2*1H/t19-,20-;;/m1../s1. The summed E-state index contributed by atoms with van der Waals surface area (Å²) in [6.07, 6.45) is 4.20. The van der Waals surface area contributed by atoms with Crippen molar-refractivity contribution in [1.29, 1.82) is 0 Å². The summed E-state index contributed by atoms with van der Waals surface area (Å²) in [5.41, 5.74) is 15.3. The van der Waals surface area contributed by atoms with Crippen LogP contribution in [0.3, 0.4) is 0 Å². The Bertz CT molecular complexity index is 1220. The number of para-hydroxylation sites is 2. The molecule has 182 valence electrons. The van der Waals surface area contributed by atoms with Gasteiger partial charge in [0.25, 0.3) is 0 Å². The number of nitrogens with zero attached hydrogens (tertiary/aromatic N) is 2. The molecule has 0 fully saturated rings. The molecule has 0 radical (unpaired) electrons. The molecule has 8 nitrogen and oxygen atoms in total. The van der Waals surface area contributed by atoms with E-state index in [-0.39, 0.29) is 43.8 Å². The van der Waals surface area contributed by atoms with Gasteiger partial charge in [0.15, 0.2) is 0 Å². The molecule has 0 amide bonds. The molecule has 0 saturated carbocycles. The Labute approximate surface area is 209 Å². The van der Waals surface area contributed by atoms with Crippen LogP contribution in [0.15, 0.2) is 60.9 Å². The molecule has 34 heavy (non-hydrogen) atoms. The third-order valence-corrected chi connectivity index (χ3v) is 5.97. The normalized spacial score (nSPS) is 12.8. The largest absolute Gasteiger partial charge is 0.480 e. The van der Waals surface area contributed by atoms with E-state index < -0.39 is 24.0 Å². The molecule has 0 unspecified atom stereocenters. The molecule has 2 aromatic heterocycles. The van der Waals surface area contributed by atoms with Crippen molar-refractivity contribution in [2.75, 3.05) is 0 Å². The number of carbonyl (C=O) groups is 2. The highest BCUT2D eigenvalue weighted by atomic mass is 35.5. The highest BCUT2D eigenvalue weighted by Gasteiger charge is 2.21. The monoisotopic (exact) mass is 506 g/mol. The zero-order valence-corrected chi connectivity index (χ0v) is 20.1. The number of carboxylic acids is 2. The zero-order chi connectivity index (χ0) is 23.0. The number of rotatable bonds is 8. The van der Waals surface area contributed by atoms with Gasteiger partial charge in [-0.05, 0) is 30.2 Å². The molecule has 0 spiro atoms. The maximum atomic E-state index is 11.3. The summed E-state index contributed by atoms with van der Waals surface area (Å²) >= 11 is 0. The topological polar surface area (TPSA) is 136 Å². The molecule has 2 aromatic carbocycles. The maximum absolute atomic E-state index is 11.3. The van der Waals surface area contributed by atoms with Crippen molar-refractivity contribution >= 4 is 58.6 Å². The zero-order valence-electron chi connectivity index (χ0n) is 18.5. The van der Waals surface area contributed by atoms with Crippen LogP contribution in [-0.4, -0.2) is 43.4 Å². The molecule has 4 aromatic rings. The summed E-state index contributed by atoms with van der Waals surface area (Å²) in [5, 5.41) is 20.4. The molecule has 0 aliphatic rings. The van der Waals surface area contributed by atoms with Crippen molar-refractivity contribution in [2.45, 2.75) is 38.0 Å².